The zero-order valence-electron chi connectivity index (χ0n) is 11.6. The lowest BCUT2D eigenvalue weighted by molar-refractivity contribution is -0.274. The molecule has 0 spiro atoms. The van der Waals surface area contributed by atoms with Gasteiger partial charge in [0, 0.05) is 12.1 Å². The lowest BCUT2D eigenvalue weighted by Crippen LogP contribution is -2.30. The highest BCUT2D eigenvalue weighted by Crippen LogP contribution is 2.24. The van der Waals surface area contributed by atoms with E-state index < -0.39 is 6.36 Å². The molecular formula is C15H18F3NO2. The van der Waals surface area contributed by atoms with Gasteiger partial charge in [-0.15, -0.1) is 13.2 Å². The fourth-order valence-electron chi connectivity index (χ4n) is 2.54. The number of rotatable bonds is 4. The number of carbonyl (C=O) groups is 1. The van der Waals surface area contributed by atoms with Crippen LogP contribution < -0.4 is 10.1 Å². The van der Waals surface area contributed by atoms with Gasteiger partial charge in [-0.2, -0.15) is 0 Å². The number of hydrogen-bond donors (Lipinski definition) is 1. The van der Waals surface area contributed by atoms with E-state index >= 15 is 0 Å². The molecule has 1 aliphatic carbocycles. The largest absolute Gasteiger partial charge is 0.573 e. The van der Waals surface area contributed by atoms with Gasteiger partial charge >= 0.3 is 6.36 Å². The third-order valence-electron chi connectivity index (χ3n) is 3.63. The van der Waals surface area contributed by atoms with E-state index in [2.05, 4.69) is 10.1 Å². The molecule has 1 aromatic carbocycles. The topological polar surface area (TPSA) is 38.3 Å². The van der Waals surface area contributed by atoms with Crippen molar-refractivity contribution in [1.82, 2.24) is 5.32 Å². The lowest BCUT2D eigenvalue weighted by Gasteiger charge is -2.21. The second kappa shape index (κ2) is 6.83. The third kappa shape index (κ3) is 5.28. The molecule has 0 saturated heterocycles. The summed E-state index contributed by atoms with van der Waals surface area (Å²) >= 11 is 0. The Kier molecular flexibility index (Phi) is 5.09. The van der Waals surface area contributed by atoms with Crippen LogP contribution in [0.2, 0.25) is 0 Å². The van der Waals surface area contributed by atoms with Crippen molar-refractivity contribution in [1.29, 1.82) is 0 Å². The van der Waals surface area contributed by atoms with Crippen molar-refractivity contribution in [2.45, 2.75) is 38.5 Å². The van der Waals surface area contributed by atoms with Crippen LogP contribution >= 0.6 is 0 Å². The SMILES string of the molecule is O=C(NCC1CCCCC1)c1ccc(OC(F)(F)F)cc1. The molecule has 0 aliphatic heterocycles. The Morgan fingerprint density at radius 2 is 1.76 bits per heavy atom. The quantitative estimate of drug-likeness (QED) is 0.916. The van der Waals surface area contributed by atoms with Gasteiger partial charge in [0.05, 0.1) is 0 Å². The van der Waals surface area contributed by atoms with Gasteiger partial charge < -0.3 is 10.1 Å². The fraction of sp³-hybridized carbons (Fsp3) is 0.533. The van der Waals surface area contributed by atoms with Crippen LogP contribution in [0.15, 0.2) is 24.3 Å². The fourth-order valence-corrected chi connectivity index (χ4v) is 2.54. The summed E-state index contributed by atoms with van der Waals surface area (Å²) in [7, 11) is 0. The Morgan fingerprint density at radius 1 is 1.14 bits per heavy atom. The highest BCUT2D eigenvalue weighted by Gasteiger charge is 2.31. The summed E-state index contributed by atoms with van der Waals surface area (Å²) in [4.78, 5) is 11.9. The molecule has 0 aromatic heterocycles. The van der Waals surface area contributed by atoms with Crippen LogP contribution in [0.4, 0.5) is 13.2 Å². The molecule has 0 bridgehead atoms. The predicted molar refractivity (Wildman–Crippen MR) is 72.0 cm³/mol. The van der Waals surface area contributed by atoms with Crippen LogP contribution in [0.3, 0.4) is 0 Å². The Bertz CT molecular complexity index is 465. The average molecular weight is 301 g/mol. The molecular weight excluding hydrogens is 283 g/mol. The van der Waals surface area contributed by atoms with E-state index in [0.717, 1.165) is 25.0 Å². The zero-order valence-corrected chi connectivity index (χ0v) is 11.6. The van der Waals surface area contributed by atoms with Gasteiger partial charge in [-0.3, -0.25) is 4.79 Å². The van der Waals surface area contributed by atoms with Crippen molar-refractivity contribution in [2.24, 2.45) is 5.92 Å². The molecule has 0 heterocycles. The van der Waals surface area contributed by atoms with Crippen LogP contribution in [-0.2, 0) is 0 Å². The summed E-state index contributed by atoms with van der Waals surface area (Å²) in [6.45, 7) is 0.625. The van der Waals surface area contributed by atoms with Crippen LogP contribution in [0, 0.1) is 5.92 Å². The molecule has 2 rings (SSSR count). The maximum absolute atomic E-state index is 12.0. The summed E-state index contributed by atoms with van der Waals surface area (Å²) in [6, 6.07) is 4.95. The Morgan fingerprint density at radius 3 is 2.33 bits per heavy atom. The molecule has 0 atom stereocenters. The van der Waals surface area contributed by atoms with E-state index in [4.69, 9.17) is 0 Å². The van der Waals surface area contributed by atoms with Gasteiger partial charge in [-0.05, 0) is 43.0 Å². The number of amides is 1. The van der Waals surface area contributed by atoms with Gasteiger partial charge in [0.25, 0.3) is 5.91 Å². The second-order valence-electron chi connectivity index (χ2n) is 5.29. The summed E-state index contributed by atoms with van der Waals surface area (Å²) in [5.41, 5.74) is 0.334. The predicted octanol–water partition coefficient (Wildman–Crippen LogP) is 3.90. The van der Waals surface area contributed by atoms with E-state index in [0.29, 0.717) is 18.0 Å². The summed E-state index contributed by atoms with van der Waals surface area (Å²) in [5.74, 6) is -0.0824. The minimum Gasteiger partial charge on any atom is -0.406 e. The maximum Gasteiger partial charge on any atom is 0.573 e. The normalized spacial score (nSPS) is 16.5. The van der Waals surface area contributed by atoms with E-state index in [9.17, 15) is 18.0 Å². The summed E-state index contributed by atoms with van der Waals surface area (Å²) < 4.78 is 39.8. The number of halogens is 3. The first-order valence-electron chi connectivity index (χ1n) is 7.08. The molecule has 1 amide bonds. The smallest absolute Gasteiger partial charge is 0.406 e. The first-order chi connectivity index (χ1) is 9.94. The number of ether oxygens (including phenoxy) is 1. The van der Waals surface area contributed by atoms with E-state index in [-0.39, 0.29) is 11.7 Å². The van der Waals surface area contributed by atoms with Gasteiger partial charge in [0.1, 0.15) is 5.75 Å². The molecule has 21 heavy (non-hydrogen) atoms. The minimum absolute atomic E-state index is 0.265. The number of alkyl halides is 3. The summed E-state index contributed by atoms with van der Waals surface area (Å²) in [6.07, 6.45) is 1.18. The Hall–Kier alpha value is -1.72. The van der Waals surface area contributed by atoms with E-state index in [1.54, 1.807) is 0 Å². The molecule has 1 N–H and O–H groups in total. The Labute approximate surface area is 121 Å². The van der Waals surface area contributed by atoms with Crippen LogP contribution in [0.25, 0.3) is 0 Å². The molecule has 1 aliphatic rings. The first kappa shape index (κ1) is 15.7. The molecule has 3 nitrogen and oxygen atoms in total. The van der Waals surface area contributed by atoms with Gasteiger partial charge in [-0.25, -0.2) is 0 Å². The maximum atomic E-state index is 12.0. The number of benzene rings is 1. The molecule has 1 aromatic rings. The van der Waals surface area contributed by atoms with Crippen molar-refractivity contribution in [3.63, 3.8) is 0 Å². The number of hydrogen-bond acceptors (Lipinski definition) is 2. The van der Waals surface area contributed by atoms with Crippen LogP contribution in [0.5, 0.6) is 5.75 Å². The highest BCUT2D eigenvalue weighted by molar-refractivity contribution is 5.94. The first-order valence-corrected chi connectivity index (χ1v) is 7.08. The molecule has 0 unspecified atom stereocenters. The molecule has 1 fully saturated rings. The average Bonchev–Trinajstić information content (AvgIpc) is 2.45. The molecule has 1 saturated carbocycles. The van der Waals surface area contributed by atoms with Gasteiger partial charge in [-0.1, -0.05) is 19.3 Å². The van der Waals surface area contributed by atoms with E-state index in [1.807, 2.05) is 0 Å². The van der Waals surface area contributed by atoms with Crippen molar-refractivity contribution < 1.29 is 22.7 Å². The molecule has 0 radical (unpaired) electrons. The van der Waals surface area contributed by atoms with Crippen molar-refractivity contribution >= 4 is 5.91 Å². The van der Waals surface area contributed by atoms with E-state index in [1.165, 1.54) is 31.4 Å². The van der Waals surface area contributed by atoms with Crippen LogP contribution in [-0.4, -0.2) is 18.8 Å². The lowest BCUT2D eigenvalue weighted by atomic mass is 9.89. The summed E-state index contributed by atoms with van der Waals surface area (Å²) in [5, 5.41) is 2.83. The minimum atomic E-state index is -4.72. The third-order valence-corrected chi connectivity index (χ3v) is 3.63. The molecule has 6 heteroatoms. The second-order valence-corrected chi connectivity index (χ2v) is 5.29. The van der Waals surface area contributed by atoms with Crippen molar-refractivity contribution in [3.05, 3.63) is 29.8 Å². The zero-order chi connectivity index (χ0) is 15.3. The Balaban J connectivity index is 1.84. The highest BCUT2D eigenvalue weighted by atomic mass is 19.4. The monoisotopic (exact) mass is 301 g/mol. The standard InChI is InChI=1S/C15H18F3NO2/c16-15(17,18)21-13-8-6-12(7-9-13)14(20)19-10-11-4-2-1-3-5-11/h6-9,11H,1-5,10H2,(H,19,20). The van der Waals surface area contributed by atoms with Gasteiger partial charge in [0.2, 0.25) is 0 Å². The van der Waals surface area contributed by atoms with Gasteiger partial charge in [0.15, 0.2) is 0 Å². The number of carbonyl (C=O) groups excluding carboxylic acids is 1. The van der Waals surface area contributed by atoms with Crippen LogP contribution in [0.1, 0.15) is 42.5 Å². The van der Waals surface area contributed by atoms with Crippen molar-refractivity contribution in [2.75, 3.05) is 6.54 Å². The number of nitrogens with one attached hydrogen (secondary N) is 1. The van der Waals surface area contributed by atoms with Crippen molar-refractivity contribution in [3.8, 4) is 5.75 Å². The molecule has 116 valence electrons.